The summed E-state index contributed by atoms with van der Waals surface area (Å²) < 4.78 is 5.38. The van der Waals surface area contributed by atoms with E-state index in [1.807, 2.05) is 29.2 Å². The van der Waals surface area contributed by atoms with Crippen molar-refractivity contribution in [1.29, 1.82) is 0 Å². The zero-order valence-electron chi connectivity index (χ0n) is 24.2. The van der Waals surface area contributed by atoms with Gasteiger partial charge in [-0.25, -0.2) is 4.98 Å². The fourth-order valence-electron chi connectivity index (χ4n) is 6.66. The molecule has 3 amide bonds. The van der Waals surface area contributed by atoms with Crippen molar-refractivity contribution < 1.29 is 19.1 Å². The highest BCUT2D eigenvalue weighted by molar-refractivity contribution is 7.18. The number of hydrogen-bond acceptors (Lipinski definition) is 7. The van der Waals surface area contributed by atoms with Gasteiger partial charge in [-0.15, -0.1) is 11.3 Å². The van der Waals surface area contributed by atoms with Gasteiger partial charge in [0, 0.05) is 30.9 Å². The molecule has 4 aromatic rings. The van der Waals surface area contributed by atoms with Crippen molar-refractivity contribution >= 4 is 45.0 Å². The molecule has 0 radical (unpaired) electrons. The van der Waals surface area contributed by atoms with Gasteiger partial charge in [-0.3, -0.25) is 19.2 Å². The molecule has 10 nitrogen and oxygen atoms in total. The summed E-state index contributed by atoms with van der Waals surface area (Å²) in [6.07, 6.45) is 5.84. The molecular weight excluding hydrogens is 578 g/mol. The summed E-state index contributed by atoms with van der Waals surface area (Å²) in [4.78, 5) is 61.7. The molecule has 1 fully saturated rings. The molecule has 1 saturated heterocycles. The first-order valence-electron chi connectivity index (χ1n) is 15.1. The van der Waals surface area contributed by atoms with Crippen LogP contribution in [-0.4, -0.2) is 52.3 Å². The molecule has 0 bridgehead atoms. The number of amides is 3. The van der Waals surface area contributed by atoms with E-state index in [1.54, 1.807) is 12.1 Å². The topological polar surface area (TPSA) is 133 Å². The quantitative estimate of drug-likeness (QED) is 0.302. The standard InChI is InChI=1S/C33H33N5O5S/c39-26-19-43-24-8-6-21(16-23(24)35-26)18-34-31(42)29-36-30(41)28-22-10-11-33(17-25(22)44-32(28)37-29)12-14-38(15-13-33)27(40)9-7-20-4-2-1-3-5-20/h1-6,8,16H,7,9-15,17-19H2,(H,34,42)(H,35,39)(H,36,37,41). The first-order chi connectivity index (χ1) is 21.4. The van der Waals surface area contributed by atoms with Crippen molar-refractivity contribution in [2.75, 3.05) is 25.0 Å². The number of anilines is 1. The SMILES string of the molecule is O=C1COc2ccc(CNC(=O)c3nc4sc5c(c4c(=O)[nH]3)CCC3(CCN(C(=O)CCc4ccccc4)CC3)C5)cc2N1. The van der Waals surface area contributed by atoms with Gasteiger partial charge in [0.1, 0.15) is 10.6 Å². The van der Waals surface area contributed by atoms with Gasteiger partial charge in [-0.05, 0) is 72.8 Å². The lowest BCUT2D eigenvalue weighted by Crippen LogP contribution is -2.45. The van der Waals surface area contributed by atoms with E-state index in [4.69, 9.17) is 4.74 Å². The summed E-state index contributed by atoms with van der Waals surface area (Å²) in [6, 6.07) is 15.4. The number of benzene rings is 2. The number of carbonyl (C=O) groups excluding carboxylic acids is 3. The van der Waals surface area contributed by atoms with Crippen LogP contribution in [0, 0.1) is 5.41 Å². The summed E-state index contributed by atoms with van der Waals surface area (Å²) in [7, 11) is 0. The van der Waals surface area contributed by atoms with Gasteiger partial charge in [0.05, 0.1) is 11.1 Å². The second kappa shape index (κ2) is 11.5. The zero-order chi connectivity index (χ0) is 30.3. The number of aryl methyl sites for hydroxylation is 2. The average Bonchev–Trinajstić information content (AvgIpc) is 3.40. The molecule has 0 saturated carbocycles. The van der Waals surface area contributed by atoms with E-state index >= 15 is 0 Å². The maximum absolute atomic E-state index is 13.2. The molecule has 4 heterocycles. The molecule has 3 N–H and O–H groups in total. The van der Waals surface area contributed by atoms with Gasteiger partial charge in [0.2, 0.25) is 11.7 Å². The molecule has 1 spiro atoms. The lowest BCUT2D eigenvalue weighted by atomic mass is 9.68. The van der Waals surface area contributed by atoms with Crippen LogP contribution in [0.15, 0.2) is 53.3 Å². The Kier molecular flexibility index (Phi) is 7.41. The predicted octanol–water partition coefficient (Wildman–Crippen LogP) is 3.98. The van der Waals surface area contributed by atoms with Gasteiger partial charge in [-0.2, -0.15) is 0 Å². The van der Waals surface area contributed by atoms with Crippen molar-refractivity contribution in [2.45, 2.75) is 51.5 Å². The summed E-state index contributed by atoms with van der Waals surface area (Å²) in [6.45, 7) is 1.70. The van der Waals surface area contributed by atoms with Gasteiger partial charge in [-0.1, -0.05) is 36.4 Å². The lowest BCUT2D eigenvalue weighted by Gasteiger charge is -2.44. The highest BCUT2D eigenvalue weighted by atomic mass is 32.1. The van der Waals surface area contributed by atoms with Crippen LogP contribution in [0.4, 0.5) is 5.69 Å². The normalized spacial score (nSPS) is 17.0. The minimum Gasteiger partial charge on any atom is -0.482 e. The van der Waals surface area contributed by atoms with E-state index < -0.39 is 5.91 Å². The third-order valence-electron chi connectivity index (χ3n) is 9.18. The van der Waals surface area contributed by atoms with Crippen LogP contribution in [0.2, 0.25) is 0 Å². The van der Waals surface area contributed by atoms with Gasteiger partial charge >= 0.3 is 0 Å². The molecule has 2 aromatic carbocycles. The summed E-state index contributed by atoms with van der Waals surface area (Å²) in [5.74, 6) is 0.0729. The molecule has 1 aliphatic carbocycles. The second-order valence-corrected chi connectivity index (χ2v) is 13.1. The number of aromatic nitrogens is 2. The molecule has 0 atom stereocenters. The maximum Gasteiger partial charge on any atom is 0.287 e. The van der Waals surface area contributed by atoms with Crippen molar-refractivity contribution in [3.05, 3.63) is 86.3 Å². The lowest BCUT2D eigenvalue weighted by molar-refractivity contribution is -0.133. The number of thiophene rings is 1. The van der Waals surface area contributed by atoms with Gasteiger partial charge in [0.15, 0.2) is 6.61 Å². The first kappa shape index (κ1) is 28.3. The number of fused-ring (bicyclic) bond motifs is 4. The molecule has 3 aliphatic rings. The molecule has 0 unspecified atom stereocenters. The van der Waals surface area contributed by atoms with E-state index in [-0.39, 0.29) is 41.8 Å². The number of aromatic amines is 1. The number of hydrogen-bond donors (Lipinski definition) is 3. The van der Waals surface area contributed by atoms with Crippen molar-refractivity contribution in [3.63, 3.8) is 0 Å². The second-order valence-electron chi connectivity index (χ2n) is 12.0. The van der Waals surface area contributed by atoms with E-state index in [9.17, 15) is 19.2 Å². The highest BCUT2D eigenvalue weighted by Gasteiger charge is 2.40. The number of piperidine rings is 1. The predicted molar refractivity (Wildman–Crippen MR) is 167 cm³/mol. The smallest absolute Gasteiger partial charge is 0.287 e. The Labute approximate surface area is 257 Å². The Hall–Kier alpha value is -4.51. The third kappa shape index (κ3) is 5.59. The zero-order valence-corrected chi connectivity index (χ0v) is 25.1. The first-order valence-corrected chi connectivity index (χ1v) is 15.9. The van der Waals surface area contributed by atoms with Crippen LogP contribution >= 0.6 is 11.3 Å². The molecular formula is C33H33N5O5S. The fraction of sp³-hybridized carbons (Fsp3) is 0.364. The minimum absolute atomic E-state index is 0.0206. The van der Waals surface area contributed by atoms with Crippen LogP contribution < -0.4 is 20.9 Å². The van der Waals surface area contributed by atoms with E-state index in [0.717, 1.165) is 62.7 Å². The van der Waals surface area contributed by atoms with E-state index in [2.05, 4.69) is 32.7 Å². The van der Waals surface area contributed by atoms with Crippen LogP contribution in [0.25, 0.3) is 10.2 Å². The van der Waals surface area contributed by atoms with Crippen LogP contribution in [0.3, 0.4) is 0 Å². The van der Waals surface area contributed by atoms with Crippen LogP contribution in [0.5, 0.6) is 5.75 Å². The van der Waals surface area contributed by atoms with E-state index in [0.29, 0.717) is 28.1 Å². The minimum atomic E-state index is -0.478. The fourth-order valence-corrected chi connectivity index (χ4v) is 8.06. The Bertz CT molecular complexity index is 1820. The average molecular weight is 612 g/mol. The van der Waals surface area contributed by atoms with Crippen molar-refractivity contribution in [2.24, 2.45) is 5.41 Å². The number of likely N-dealkylation sites (tertiary alicyclic amines) is 1. The summed E-state index contributed by atoms with van der Waals surface area (Å²) >= 11 is 1.51. The van der Waals surface area contributed by atoms with Gasteiger partial charge in [0.25, 0.3) is 17.4 Å². The highest BCUT2D eigenvalue weighted by Crippen LogP contribution is 2.47. The molecule has 2 aliphatic heterocycles. The molecule has 44 heavy (non-hydrogen) atoms. The molecule has 11 heteroatoms. The monoisotopic (exact) mass is 611 g/mol. The summed E-state index contributed by atoms with van der Waals surface area (Å²) in [5.41, 5.74) is 3.40. The number of nitrogens with zero attached hydrogens (tertiary/aromatic N) is 2. The number of carbonyl (C=O) groups is 3. The van der Waals surface area contributed by atoms with Crippen LogP contribution in [0.1, 0.15) is 57.9 Å². The summed E-state index contributed by atoms with van der Waals surface area (Å²) in [5, 5.41) is 6.16. The Balaban J connectivity index is 0.997. The maximum atomic E-state index is 13.2. The molecule has 2 aromatic heterocycles. The Morgan fingerprint density at radius 2 is 1.86 bits per heavy atom. The van der Waals surface area contributed by atoms with Gasteiger partial charge < -0.3 is 25.3 Å². The largest absolute Gasteiger partial charge is 0.482 e. The van der Waals surface area contributed by atoms with E-state index in [1.165, 1.54) is 21.8 Å². The molecule has 7 rings (SSSR count). The number of nitrogens with one attached hydrogen (secondary N) is 3. The number of ether oxygens (including phenoxy) is 1. The Morgan fingerprint density at radius 3 is 2.68 bits per heavy atom. The van der Waals surface area contributed by atoms with Crippen LogP contribution in [-0.2, 0) is 35.4 Å². The third-order valence-corrected chi connectivity index (χ3v) is 10.3. The van der Waals surface area contributed by atoms with Crippen molar-refractivity contribution in [1.82, 2.24) is 20.2 Å². The van der Waals surface area contributed by atoms with Crippen molar-refractivity contribution in [3.8, 4) is 5.75 Å². The number of rotatable bonds is 6. The Morgan fingerprint density at radius 1 is 1.05 bits per heavy atom. The molecule has 226 valence electrons. The number of H-pyrrole nitrogens is 1.